The first-order valence-electron chi connectivity index (χ1n) is 3.35. The molecule has 0 aromatic heterocycles. The number of carboxylic acids is 1. The maximum atomic E-state index is 10.3. The van der Waals surface area contributed by atoms with E-state index in [0.29, 0.717) is 11.3 Å². The molecule has 0 unspecified atom stereocenters. The van der Waals surface area contributed by atoms with E-state index in [0.717, 1.165) is 4.47 Å². The average Bonchev–Trinajstić information content (AvgIpc) is 1.96. The number of nitrogen functional groups attached to an aromatic ring is 1. The predicted octanol–water partition coefficient (Wildman–Crippen LogP) is 1.66. The van der Waals surface area contributed by atoms with Crippen LogP contribution in [0.15, 0.2) is 22.7 Å². The van der Waals surface area contributed by atoms with Gasteiger partial charge in [0, 0.05) is 10.2 Å². The van der Waals surface area contributed by atoms with E-state index >= 15 is 0 Å². The third kappa shape index (κ3) is 2.23. The van der Waals surface area contributed by atoms with Crippen LogP contribution in [-0.4, -0.2) is 11.1 Å². The smallest absolute Gasteiger partial charge is 0.307 e. The number of aliphatic carboxylic acids is 1. The van der Waals surface area contributed by atoms with Crippen LogP contribution >= 0.6 is 15.9 Å². The Bertz CT molecular complexity index is 312. The molecular formula is C8H8BrNO2. The lowest BCUT2D eigenvalue weighted by molar-refractivity contribution is -0.136. The molecular weight excluding hydrogens is 222 g/mol. The van der Waals surface area contributed by atoms with Gasteiger partial charge >= 0.3 is 5.97 Å². The molecule has 1 aromatic rings. The summed E-state index contributed by atoms with van der Waals surface area (Å²) in [4.78, 5) is 10.3. The second kappa shape index (κ2) is 3.58. The Morgan fingerprint density at radius 1 is 1.58 bits per heavy atom. The van der Waals surface area contributed by atoms with Crippen molar-refractivity contribution in [1.82, 2.24) is 0 Å². The van der Waals surface area contributed by atoms with Gasteiger partial charge in [0.25, 0.3) is 0 Å². The Labute approximate surface area is 78.3 Å². The molecule has 3 N–H and O–H groups in total. The number of rotatable bonds is 2. The molecule has 0 atom stereocenters. The van der Waals surface area contributed by atoms with Gasteiger partial charge in [0.1, 0.15) is 0 Å². The Balaban J connectivity index is 2.89. The zero-order chi connectivity index (χ0) is 9.14. The molecule has 0 saturated heterocycles. The number of carboxylic acid groups (broad SMARTS) is 1. The van der Waals surface area contributed by atoms with E-state index in [2.05, 4.69) is 15.9 Å². The van der Waals surface area contributed by atoms with E-state index in [1.165, 1.54) is 0 Å². The number of halogens is 1. The summed E-state index contributed by atoms with van der Waals surface area (Å²) in [6.45, 7) is 0. The molecule has 0 aliphatic heterocycles. The number of benzene rings is 1. The minimum atomic E-state index is -0.850. The second-order valence-corrected chi connectivity index (χ2v) is 3.28. The summed E-state index contributed by atoms with van der Waals surface area (Å²) in [5, 5.41) is 8.47. The summed E-state index contributed by atoms with van der Waals surface area (Å²) in [6.07, 6.45) is 0.0114. The van der Waals surface area contributed by atoms with Crippen LogP contribution in [0.4, 0.5) is 5.69 Å². The van der Waals surface area contributed by atoms with Gasteiger partial charge < -0.3 is 10.8 Å². The maximum absolute atomic E-state index is 10.3. The largest absolute Gasteiger partial charge is 0.481 e. The standard InChI is InChI=1S/C8H8BrNO2/c9-6-2-1-5(3-7(6)10)4-8(11)12/h1-3H,4,10H2,(H,11,12). The molecule has 0 spiro atoms. The normalized spacial score (nSPS) is 9.75. The van der Waals surface area contributed by atoms with Crippen molar-refractivity contribution in [3.63, 3.8) is 0 Å². The van der Waals surface area contributed by atoms with Crippen molar-refractivity contribution in [1.29, 1.82) is 0 Å². The predicted molar refractivity (Wildman–Crippen MR) is 49.9 cm³/mol. The minimum Gasteiger partial charge on any atom is -0.481 e. The van der Waals surface area contributed by atoms with Crippen LogP contribution in [0.3, 0.4) is 0 Å². The van der Waals surface area contributed by atoms with Crippen molar-refractivity contribution >= 4 is 27.6 Å². The van der Waals surface area contributed by atoms with E-state index in [4.69, 9.17) is 10.8 Å². The zero-order valence-corrected chi connectivity index (χ0v) is 7.84. The summed E-state index contributed by atoms with van der Waals surface area (Å²) in [7, 11) is 0. The van der Waals surface area contributed by atoms with Gasteiger partial charge in [-0.3, -0.25) is 4.79 Å². The van der Waals surface area contributed by atoms with Crippen molar-refractivity contribution < 1.29 is 9.90 Å². The first kappa shape index (κ1) is 9.06. The molecule has 1 rings (SSSR count). The van der Waals surface area contributed by atoms with Gasteiger partial charge in [-0.05, 0) is 33.6 Å². The molecule has 0 fully saturated rings. The van der Waals surface area contributed by atoms with Crippen LogP contribution in [0.2, 0.25) is 0 Å². The van der Waals surface area contributed by atoms with Crippen LogP contribution in [0.25, 0.3) is 0 Å². The molecule has 0 heterocycles. The Hall–Kier alpha value is -1.03. The Morgan fingerprint density at radius 2 is 2.25 bits per heavy atom. The quantitative estimate of drug-likeness (QED) is 0.759. The highest BCUT2D eigenvalue weighted by molar-refractivity contribution is 9.10. The molecule has 1 aromatic carbocycles. The van der Waals surface area contributed by atoms with E-state index in [1.54, 1.807) is 18.2 Å². The van der Waals surface area contributed by atoms with Gasteiger partial charge in [-0.25, -0.2) is 0 Å². The first-order chi connectivity index (χ1) is 5.59. The number of anilines is 1. The highest BCUT2D eigenvalue weighted by atomic mass is 79.9. The molecule has 64 valence electrons. The Morgan fingerprint density at radius 3 is 2.75 bits per heavy atom. The lowest BCUT2D eigenvalue weighted by Crippen LogP contribution is -2.00. The molecule has 0 radical (unpaired) electrons. The second-order valence-electron chi connectivity index (χ2n) is 2.43. The number of nitrogens with two attached hydrogens (primary N) is 1. The lowest BCUT2D eigenvalue weighted by atomic mass is 10.1. The van der Waals surface area contributed by atoms with Gasteiger partial charge in [-0.15, -0.1) is 0 Å². The van der Waals surface area contributed by atoms with E-state index < -0.39 is 5.97 Å². The van der Waals surface area contributed by atoms with E-state index in [9.17, 15) is 4.79 Å². The van der Waals surface area contributed by atoms with Gasteiger partial charge in [-0.1, -0.05) is 6.07 Å². The van der Waals surface area contributed by atoms with Crippen molar-refractivity contribution in [3.8, 4) is 0 Å². The van der Waals surface area contributed by atoms with Crippen LogP contribution < -0.4 is 5.73 Å². The van der Waals surface area contributed by atoms with Crippen molar-refractivity contribution in [2.75, 3.05) is 5.73 Å². The number of hydrogen-bond acceptors (Lipinski definition) is 2. The molecule has 12 heavy (non-hydrogen) atoms. The van der Waals surface area contributed by atoms with E-state index in [1.807, 2.05) is 0 Å². The molecule has 0 aliphatic rings. The monoisotopic (exact) mass is 229 g/mol. The maximum Gasteiger partial charge on any atom is 0.307 e. The summed E-state index contributed by atoms with van der Waals surface area (Å²) >= 11 is 3.22. The topological polar surface area (TPSA) is 63.3 Å². The summed E-state index contributed by atoms with van der Waals surface area (Å²) in [6, 6.07) is 5.13. The van der Waals surface area contributed by atoms with Gasteiger partial charge in [0.05, 0.1) is 6.42 Å². The molecule has 0 amide bonds. The van der Waals surface area contributed by atoms with Crippen molar-refractivity contribution in [3.05, 3.63) is 28.2 Å². The SMILES string of the molecule is Nc1cc(CC(=O)O)ccc1Br. The first-order valence-corrected chi connectivity index (χ1v) is 4.14. The van der Waals surface area contributed by atoms with E-state index in [-0.39, 0.29) is 6.42 Å². The highest BCUT2D eigenvalue weighted by Gasteiger charge is 2.01. The fourth-order valence-electron chi connectivity index (χ4n) is 0.878. The van der Waals surface area contributed by atoms with Crippen LogP contribution in [-0.2, 0) is 11.2 Å². The number of carbonyl (C=O) groups is 1. The molecule has 4 heteroatoms. The third-order valence-corrected chi connectivity index (χ3v) is 2.14. The van der Waals surface area contributed by atoms with Crippen LogP contribution in [0.1, 0.15) is 5.56 Å². The fraction of sp³-hybridized carbons (Fsp3) is 0.125. The average molecular weight is 230 g/mol. The summed E-state index contributed by atoms with van der Waals surface area (Å²) in [5.41, 5.74) is 6.83. The van der Waals surface area contributed by atoms with Gasteiger partial charge in [0.15, 0.2) is 0 Å². The van der Waals surface area contributed by atoms with Gasteiger partial charge in [0.2, 0.25) is 0 Å². The van der Waals surface area contributed by atoms with Gasteiger partial charge in [-0.2, -0.15) is 0 Å². The molecule has 0 aliphatic carbocycles. The number of hydrogen-bond donors (Lipinski definition) is 2. The van der Waals surface area contributed by atoms with Crippen molar-refractivity contribution in [2.24, 2.45) is 0 Å². The van der Waals surface area contributed by atoms with Crippen LogP contribution in [0, 0.1) is 0 Å². The molecule has 0 bridgehead atoms. The Kier molecular flexibility index (Phi) is 2.70. The van der Waals surface area contributed by atoms with Crippen LogP contribution in [0.5, 0.6) is 0 Å². The fourth-order valence-corrected chi connectivity index (χ4v) is 1.12. The van der Waals surface area contributed by atoms with Crippen molar-refractivity contribution in [2.45, 2.75) is 6.42 Å². The highest BCUT2D eigenvalue weighted by Crippen LogP contribution is 2.20. The molecule has 0 saturated carbocycles. The summed E-state index contributed by atoms with van der Waals surface area (Å²) < 4.78 is 0.789. The minimum absolute atomic E-state index is 0.0114. The third-order valence-electron chi connectivity index (χ3n) is 1.42. The molecule has 3 nitrogen and oxygen atoms in total. The zero-order valence-electron chi connectivity index (χ0n) is 6.25. The lowest BCUT2D eigenvalue weighted by Gasteiger charge is -2.00. The summed E-state index contributed by atoms with van der Waals surface area (Å²) in [5.74, 6) is -0.850.